The number of rotatable bonds is 2. The van der Waals surface area contributed by atoms with E-state index in [1.807, 2.05) is 31.2 Å². The number of anilines is 3. The summed E-state index contributed by atoms with van der Waals surface area (Å²) in [6.45, 7) is 1.95. The van der Waals surface area contributed by atoms with Crippen LogP contribution in [-0.2, 0) is 6.18 Å². The van der Waals surface area contributed by atoms with Crippen molar-refractivity contribution in [3.63, 3.8) is 0 Å². The topological polar surface area (TPSA) is 38.0 Å². The molecule has 0 fully saturated rings. The van der Waals surface area contributed by atoms with Crippen LogP contribution in [0.4, 0.5) is 30.2 Å². The molecule has 3 N–H and O–H groups in total. The highest BCUT2D eigenvalue weighted by molar-refractivity contribution is 5.73. The first-order chi connectivity index (χ1) is 8.86. The van der Waals surface area contributed by atoms with Crippen LogP contribution in [0.2, 0.25) is 0 Å². The third-order valence-corrected chi connectivity index (χ3v) is 2.71. The van der Waals surface area contributed by atoms with E-state index in [-0.39, 0.29) is 5.69 Å². The highest BCUT2D eigenvalue weighted by Gasteiger charge is 2.30. The first kappa shape index (κ1) is 13.3. The van der Waals surface area contributed by atoms with Gasteiger partial charge in [0, 0.05) is 5.69 Å². The Labute approximate surface area is 109 Å². The molecule has 100 valence electrons. The Balaban J connectivity index is 2.24. The van der Waals surface area contributed by atoms with E-state index in [0.29, 0.717) is 5.69 Å². The molecule has 0 saturated carbocycles. The van der Waals surface area contributed by atoms with E-state index >= 15 is 0 Å². The number of aryl methyl sites for hydroxylation is 1. The van der Waals surface area contributed by atoms with E-state index in [1.54, 1.807) is 0 Å². The summed E-state index contributed by atoms with van der Waals surface area (Å²) in [4.78, 5) is 0. The maximum absolute atomic E-state index is 12.5. The number of halogens is 3. The van der Waals surface area contributed by atoms with Gasteiger partial charge >= 0.3 is 6.18 Å². The smallest absolute Gasteiger partial charge is 0.397 e. The highest BCUT2D eigenvalue weighted by atomic mass is 19.4. The monoisotopic (exact) mass is 266 g/mol. The Morgan fingerprint density at radius 2 is 1.63 bits per heavy atom. The van der Waals surface area contributed by atoms with E-state index < -0.39 is 11.7 Å². The van der Waals surface area contributed by atoms with Crippen LogP contribution in [0.25, 0.3) is 0 Å². The summed E-state index contributed by atoms with van der Waals surface area (Å²) in [6.07, 6.45) is -4.38. The van der Waals surface area contributed by atoms with Gasteiger partial charge in [-0.15, -0.1) is 0 Å². The van der Waals surface area contributed by atoms with Crippen molar-refractivity contribution in [2.75, 3.05) is 11.1 Å². The number of hydrogen-bond donors (Lipinski definition) is 2. The second-order valence-corrected chi connectivity index (χ2v) is 4.29. The molecule has 19 heavy (non-hydrogen) atoms. The molecule has 0 saturated heterocycles. The Kier molecular flexibility index (Phi) is 3.38. The van der Waals surface area contributed by atoms with Crippen molar-refractivity contribution in [1.29, 1.82) is 0 Å². The zero-order valence-corrected chi connectivity index (χ0v) is 10.3. The van der Waals surface area contributed by atoms with E-state index in [2.05, 4.69) is 5.32 Å². The van der Waals surface area contributed by atoms with Gasteiger partial charge in [0.2, 0.25) is 0 Å². The summed E-state index contributed by atoms with van der Waals surface area (Å²) in [7, 11) is 0. The van der Waals surface area contributed by atoms with E-state index in [9.17, 15) is 13.2 Å². The molecule has 0 unspecified atom stereocenters. The van der Waals surface area contributed by atoms with Crippen LogP contribution in [0.5, 0.6) is 0 Å². The quantitative estimate of drug-likeness (QED) is 0.793. The van der Waals surface area contributed by atoms with Gasteiger partial charge in [-0.25, -0.2) is 0 Å². The average Bonchev–Trinajstić information content (AvgIpc) is 2.33. The van der Waals surface area contributed by atoms with Crippen LogP contribution in [0.3, 0.4) is 0 Å². The molecular weight excluding hydrogens is 253 g/mol. The lowest BCUT2D eigenvalue weighted by molar-refractivity contribution is -0.137. The van der Waals surface area contributed by atoms with Crippen molar-refractivity contribution in [2.45, 2.75) is 13.1 Å². The molecule has 5 heteroatoms. The second kappa shape index (κ2) is 4.84. The molecule has 2 rings (SSSR count). The molecular formula is C14H13F3N2. The Morgan fingerprint density at radius 1 is 1.00 bits per heavy atom. The van der Waals surface area contributed by atoms with Crippen LogP contribution in [0, 0.1) is 6.92 Å². The average molecular weight is 266 g/mol. The van der Waals surface area contributed by atoms with Gasteiger partial charge in [-0.05, 0) is 37.3 Å². The Hall–Kier alpha value is -2.17. The van der Waals surface area contributed by atoms with Gasteiger partial charge in [0.15, 0.2) is 0 Å². The lowest BCUT2D eigenvalue weighted by Gasteiger charge is -2.12. The molecule has 0 aliphatic carbocycles. The van der Waals surface area contributed by atoms with Gasteiger partial charge in [0.25, 0.3) is 0 Å². The molecule has 0 amide bonds. The summed E-state index contributed by atoms with van der Waals surface area (Å²) >= 11 is 0. The summed E-state index contributed by atoms with van der Waals surface area (Å²) < 4.78 is 37.5. The van der Waals surface area contributed by atoms with Crippen LogP contribution >= 0.6 is 0 Å². The third-order valence-electron chi connectivity index (χ3n) is 2.71. The zero-order chi connectivity index (χ0) is 14.0. The molecule has 0 radical (unpaired) electrons. The maximum atomic E-state index is 12.5. The largest absolute Gasteiger partial charge is 0.416 e. The van der Waals surface area contributed by atoms with Crippen molar-refractivity contribution in [2.24, 2.45) is 0 Å². The number of hydrogen-bond acceptors (Lipinski definition) is 2. The Morgan fingerprint density at radius 3 is 2.16 bits per heavy atom. The molecule has 0 bridgehead atoms. The fraction of sp³-hybridized carbons (Fsp3) is 0.143. The predicted molar refractivity (Wildman–Crippen MR) is 70.3 cm³/mol. The highest BCUT2D eigenvalue weighted by Crippen LogP contribution is 2.33. The summed E-state index contributed by atoms with van der Waals surface area (Å²) in [5, 5.41) is 2.99. The minimum Gasteiger partial charge on any atom is -0.397 e. The molecule has 0 aliphatic rings. The maximum Gasteiger partial charge on any atom is 0.416 e. The molecule has 2 aromatic rings. The standard InChI is InChI=1S/C14H13F3N2/c1-9-2-5-11(6-3-9)19-13-7-4-10(8-12(13)18)14(15,16)17/h2-8,19H,18H2,1H3. The van der Waals surface area contributed by atoms with Gasteiger partial charge in [-0.2, -0.15) is 13.2 Å². The number of benzene rings is 2. The predicted octanol–water partition coefficient (Wildman–Crippen LogP) is 4.34. The molecule has 0 aromatic heterocycles. The minimum absolute atomic E-state index is 0.0652. The van der Waals surface area contributed by atoms with Gasteiger partial charge in [0.1, 0.15) is 0 Å². The summed E-state index contributed by atoms with van der Waals surface area (Å²) in [5.41, 5.74) is 7.28. The number of alkyl halides is 3. The van der Waals surface area contributed by atoms with Crippen molar-refractivity contribution in [3.05, 3.63) is 53.6 Å². The molecule has 0 spiro atoms. The van der Waals surface area contributed by atoms with E-state index in [0.717, 1.165) is 23.4 Å². The zero-order valence-electron chi connectivity index (χ0n) is 10.3. The van der Waals surface area contributed by atoms with Gasteiger partial charge < -0.3 is 11.1 Å². The van der Waals surface area contributed by atoms with Crippen LogP contribution in [0.15, 0.2) is 42.5 Å². The molecule has 0 aliphatic heterocycles. The first-order valence-corrected chi connectivity index (χ1v) is 5.67. The summed E-state index contributed by atoms with van der Waals surface area (Å²) in [6, 6.07) is 10.8. The van der Waals surface area contributed by atoms with Crippen LogP contribution in [-0.4, -0.2) is 0 Å². The van der Waals surface area contributed by atoms with Gasteiger partial charge in [-0.1, -0.05) is 17.7 Å². The SMILES string of the molecule is Cc1ccc(Nc2ccc(C(F)(F)F)cc2N)cc1. The van der Waals surface area contributed by atoms with Crippen molar-refractivity contribution < 1.29 is 13.2 Å². The fourth-order valence-electron chi connectivity index (χ4n) is 1.65. The van der Waals surface area contributed by atoms with Crippen molar-refractivity contribution in [1.82, 2.24) is 0 Å². The van der Waals surface area contributed by atoms with Crippen LogP contribution in [0.1, 0.15) is 11.1 Å². The number of nitrogens with one attached hydrogen (secondary N) is 1. The van der Waals surface area contributed by atoms with E-state index in [1.165, 1.54) is 6.07 Å². The minimum atomic E-state index is -4.38. The normalized spacial score (nSPS) is 11.4. The molecule has 0 heterocycles. The van der Waals surface area contributed by atoms with Crippen LogP contribution < -0.4 is 11.1 Å². The van der Waals surface area contributed by atoms with Crippen molar-refractivity contribution >= 4 is 17.1 Å². The number of nitrogens with two attached hydrogens (primary N) is 1. The third kappa shape index (κ3) is 3.19. The Bertz CT molecular complexity index is 574. The molecule has 2 nitrogen and oxygen atoms in total. The fourth-order valence-corrected chi connectivity index (χ4v) is 1.65. The lowest BCUT2D eigenvalue weighted by atomic mass is 10.1. The first-order valence-electron chi connectivity index (χ1n) is 5.67. The van der Waals surface area contributed by atoms with Crippen molar-refractivity contribution in [3.8, 4) is 0 Å². The van der Waals surface area contributed by atoms with Gasteiger partial charge in [0.05, 0.1) is 16.9 Å². The number of nitrogen functional groups attached to an aromatic ring is 1. The summed E-state index contributed by atoms with van der Waals surface area (Å²) in [5.74, 6) is 0. The molecule has 0 atom stereocenters. The van der Waals surface area contributed by atoms with E-state index in [4.69, 9.17) is 5.73 Å². The lowest BCUT2D eigenvalue weighted by Crippen LogP contribution is -2.06. The second-order valence-electron chi connectivity index (χ2n) is 4.29. The molecule has 2 aromatic carbocycles. The van der Waals surface area contributed by atoms with Gasteiger partial charge in [-0.3, -0.25) is 0 Å².